The lowest BCUT2D eigenvalue weighted by atomic mass is 10.1. The minimum Gasteiger partial charge on any atom is -0.429 e. The number of carbonyl (C=O) groups excluding carboxylic acids is 5. The van der Waals surface area contributed by atoms with Gasteiger partial charge in [-0.15, -0.1) is 0 Å². The maximum atomic E-state index is 13.1. The van der Waals surface area contributed by atoms with E-state index in [2.05, 4.69) is 27.7 Å². The van der Waals surface area contributed by atoms with E-state index in [9.17, 15) is 31.2 Å². The van der Waals surface area contributed by atoms with E-state index in [1.54, 1.807) is 82.2 Å². The highest BCUT2D eigenvalue weighted by molar-refractivity contribution is 7.91. The SMILES string of the molecule is CCc1ccc(-n2c(-c3ccc(Cl)cc3Cl)nc(C(=O)NN3CCS(=O)(=O)CC3)c2C)cc1.Cc1c(C(=O)NN2CCS(=O)(=O)CC2)nc(-c2ccc(Cl)cc2Cl)n1-c1ccc(OC=O)cc1.O=C=O. The minimum atomic E-state index is -3.09. The molecule has 24 heteroatoms. The number of sulfone groups is 2. The van der Waals surface area contributed by atoms with Crippen LogP contribution < -0.4 is 15.6 Å². The number of hydrazine groups is 2. The molecule has 4 aromatic carbocycles. The van der Waals surface area contributed by atoms with Gasteiger partial charge in [0.15, 0.2) is 31.1 Å². The molecule has 0 radical (unpaired) electrons. The van der Waals surface area contributed by atoms with E-state index < -0.39 is 31.5 Å². The third kappa shape index (κ3) is 13.1. The molecular weight excluding hydrogens is 1030 g/mol. The lowest BCUT2D eigenvalue weighted by Gasteiger charge is -2.26. The van der Waals surface area contributed by atoms with Crippen molar-refractivity contribution in [1.82, 2.24) is 40.0 Å². The van der Waals surface area contributed by atoms with Crippen molar-refractivity contribution < 1.29 is 45.5 Å². The molecule has 2 saturated heterocycles. The van der Waals surface area contributed by atoms with Crippen LogP contribution in [0.4, 0.5) is 0 Å². The Labute approximate surface area is 423 Å². The van der Waals surface area contributed by atoms with Crippen molar-refractivity contribution in [2.75, 3.05) is 49.2 Å². The number of aromatic nitrogens is 4. The second kappa shape index (κ2) is 23.3. The van der Waals surface area contributed by atoms with Gasteiger partial charge in [-0.1, -0.05) is 65.5 Å². The highest BCUT2D eigenvalue weighted by Gasteiger charge is 2.29. The summed E-state index contributed by atoms with van der Waals surface area (Å²) >= 11 is 25.1. The molecule has 8 rings (SSSR count). The number of amides is 2. The maximum absolute atomic E-state index is 13.1. The fourth-order valence-electron chi connectivity index (χ4n) is 7.42. The molecule has 0 atom stereocenters. The molecule has 70 heavy (non-hydrogen) atoms. The first-order valence-electron chi connectivity index (χ1n) is 21.2. The lowest BCUT2D eigenvalue weighted by molar-refractivity contribution is -0.191. The number of imidazole rings is 2. The van der Waals surface area contributed by atoms with Crippen molar-refractivity contribution >= 4 is 90.5 Å². The average Bonchev–Trinajstić information content (AvgIpc) is 3.84. The summed E-state index contributed by atoms with van der Waals surface area (Å²) in [6.45, 7) is 6.86. The average molecular weight is 1070 g/mol. The van der Waals surface area contributed by atoms with Gasteiger partial charge in [0.05, 0.1) is 44.4 Å². The topological polar surface area (TPSA) is 229 Å². The standard InChI is InChI=1S/C23H24Cl2N4O3S.C22H20Cl2N4O5S.CO2/c1-3-16-4-7-18(8-5-16)29-15(2)21(23(30)27-28-10-12-33(31,32)13-11-28)26-22(29)19-9-6-17(24)14-20(19)25;1-14-20(22(30)26-27-8-10-34(31,32)11-9-27)25-21(18-7-2-15(23)12-19(18)24)28(14)16-3-5-17(6-4-16)33-13-29;2-1-3/h4-9,14H,3,10-13H2,1-2H3,(H,27,30);2-7,12-13H,8-11H2,1H3,(H,26,30);. The summed E-state index contributed by atoms with van der Waals surface area (Å²) in [6.07, 6.45) is 1.16. The Hall–Kier alpha value is -5.93. The molecular formula is C46H44Cl4N8O10S2. The summed E-state index contributed by atoms with van der Waals surface area (Å²) in [7, 11) is -6.14. The molecule has 2 fully saturated rings. The van der Waals surface area contributed by atoms with Gasteiger partial charge in [0.2, 0.25) is 0 Å². The fourth-order valence-corrected chi connectivity index (χ4v) is 10.8. The molecule has 2 aliphatic heterocycles. The molecule has 0 bridgehead atoms. The van der Waals surface area contributed by atoms with Crippen LogP contribution >= 0.6 is 46.4 Å². The molecule has 0 unspecified atom stereocenters. The van der Waals surface area contributed by atoms with E-state index >= 15 is 0 Å². The highest BCUT2D eigenvalue weighted by atomic mass is 35.5. The van der Waals surface area contributed by atoms with E-state index in [1.165, 1.54) is 5.56 Å². The molecule has 6 aromatic rings. The Morgan fingerprint density at radius 1 is 0.643 bits per heavy atom. The first-order valence-corrected chi connectivity index (χ1v) is 26.4. The van der Waals surface area contributed by atoms with Crippen molar-refractivity contribution in [3.8, 4) is 39.9 Å². The molecule has 2 aliphatic rings. The second-order valence-electron chi connectivity index (χ2n) is 15.6. The van der Waals surface area contributed by atoms with Gasteiger partial charge in [0, 0.05) is 58.7 Å². The quantitative estimate of drug-likeness (QED) is 0.131. The molecule has 0 spiro atoms. The van der Waals surface area contributed by atoms with Gasteiger partial charge in [0.1, 0.15) is 17.4 Å². The van der Waals surface area contributed by atoms with Gasteiger partial charge in [-0.05, 0) is 98.6 Å². The van der Waals surface area contributed by atoms with Gasteiger partial charge in [0.25, 0.3) is 18.3 Å². The number of rotatable bonds is 11. The fraction of sp³-hybridized carbons (Fsp3) is 0.261. The number of aryl methyl sites for hydroxylation is 1. The Balaban J connectivity index is 0.000000218. The van der Waals surface area contributed by atoms with Crippen molar-refractivity contribution in [3.05, 3.63) is 133 Å². The molecule has 0 aliphatic carbocycles. The first kappa shape index (κ1) is 53.4. The lowest BCUT2D eigenvalue weighted by Crippen LogP contribution is -2.50. The summed E-state index contributed by atoms with van der Waals surface area (Å²) in [6, 6.07) is 24.8. The van der Waals surface area contributed by atoms with Crippen LogP contribution in [-0.4, -0.2) is 120 Å². The van der Waals surface area contributed by atoms with E-state index in [4.69, 9.17) is 60.7 Å². The van der Waals surface area contributed by atoms with Crippen LogP contribution in [-0.2, 0) is 40.5 Å². The van der Waals surface area contributed by atoms with E-state index in [0.29, 0.717) is 72.2 Å². The van der Waals surface area contributed by atoms with Crippen molar-refractivity contribution in [1.29, 1.82) is 0 Å². The van der Waals surface area contributed by atoms with E-state index in [1.807, 2.05) is 35.8 Å². The number of ether oxygens (including phenoxy) is 1. The smallest absolute Gasteiger partial charge is 0.373 e. The number of carbonyl (C=O) groups is 3. The van der Waals surface area contributed by atoms with E-state index in [0.717, 1.165) is 12.1 Å². The number of nitrogens with one attached hydrogen (secondary N) is 2. The molecule has 18 nitrogen and oxygen atoms in total. The predicted molar refractivity (Wildman–Crippen MR) is 264 cm³/mol. The number of benzene rings is 4. The third-order valence-electron chi connectivity index (χ3n) is 11.1. The van der Waals surface area contributed by atoms with Gasteiger partial charge < -0.3 is 4.74 Å². The Bertz CT molecular complexity index is 3150. The molecule has 4 heterocycles. The summed E-state index contributed by atoms with van der Waals surface area (Å²) in [5.41, 5.74) is 11.0. The number of hydrogen-bond acceptors (Lipinski definition) is 14. The zero-order chi connectivity index (χ0) is 50.9. The van der Waals surface area contributed by atoms with Crippen LogP contribution in [0.5, 0.6) is 5.75 Å². The Morgan fingerprint density at radius 2 is 1.01 bits per heavy atom. The van der Waals surface area contributed by atoms with Crippen LogP contribution in [0.1, 0.15) is 44.9 Å². The first-order chi connectivity index (χ1) is 33.3. The van der Waals surface area contributed by atoms with Crippen LogP contribution in [0.2, 0.25) is 20.1 Å². The molecule has 368 valence electrons. The van der Waals surface area contributed by atoms with Gasteiger partial charge in [-0.2, -0.15) is 9.59 Å². The summed E-state index contributed by atoms with van der Waals surface area (Å²) in [4.78, 5) is 62.4. The molecule has 2 amide bonds. The monoisotopic (exact) mass is 1070 g/mol. The van der Waals surface area contributed by atoms with Crippen LogP contribution in [0.25, 0.3) is 34.2 Å². The minimum absolute atomic E-state index is 0.0100. The predicted octanol–water partition coefficient (Wildman–Crippen LogP) is 6.57. The summed E-state index contributed by atoms with van der Waals surface area (Å²) in [5.74, 6) is 0.389. The van der Waals surface area contributed by atoms with Gasteiger partial charge in [-0.25, -0.2) is 36.8 Å². The zero-order valence-electron chi connectivity index (χ0n) is 37.6. The van der Waals surface area contributed by atoms with Crippen molar-refractivity contribution in [2.24, 2.45) is 0 Å². The van der Waals surface area contributed by atoms with E-state index in [-0.39, 0.29) is 66.7 Å². The van der Waals surface area contributed by atoms with Crippen LogP contribution in [0, 0.1) is 13.8 Å². The molecule has 2 aromatic heterocycles. The Morgan fingerprint density at radius 3 is 1.36 bits per heavy atom. The number of halogens is 4. The summed E-state index contributed by atoms with van der Waals surface area (Å²) in [5, 5.41) is 4.93. The molecule has 2 N–H and O–H groups in total. The normalized spacial score (nSPS) is 15.2. The third-order valence-corrected chi connectivity index (χ3v) is 15.4. The van der Waals surface area contributed by atoms with Crippen LogP contribution in [0.15, 0.2) is 84.9 Å². The van der Waals surface area contributed by atoms with Crippen molar-refractivity contribution in [3.63, 3.8) is 0 Å². The zero-order valence-corrected chi connectivity index (χ0v) is 42.3. The van der Waals surface area contributed by atoms with Crippen molar-refractivity contribution in [2.45, 2.75) is 27.2 Å². The number of nitrogens with zero attached hydrogens (tertiary/aromatic N) is 6. The number of hydrogen-bond donors (Lipinski definition) is 2. The Kier molecular flexibility index (Phi) is 17.8. The molecule has 0 saturated carbocycles. The van der Waals surface area contributed by atoms with Crippen LogP contribution in [0.3, 0.4) is 0 Å². The highest BCUT2D eigenvalue weighted by Crippen LogP contribution is 2.35. The van der Waals surface area contributed by atoms with Gasteiger partial charge >= 0.3 is 6.15 Å². The summed E-state index contributed by atoms with van der Waals surface area (Å²) < 4.78 is 55.3. The second-order valence-corrected chi connectivity index (χ2v) is 21.9. The maximum Gasteiger partial charge on any atom is 0.373 e. The van der Waals surface area contributed by atoms with Gasteiger partial charge in [-0.3, -0.25) is 34.4 Å². The largest absolute Gasteiger partial charge is 0.429 e.